The highest BCUT2D eigenvalue weighted by molar-refractivity contribution is 5.80. The second-order valence-electron chi connectivity index (χ2n) is 8.20. The SMILES string of the molecule is CN=C(NC1CCN(Cc2ccccc2C)CC1)NC1CC1c1ccccc1. The van der Waals surface area contributed by atoms with Gasteiger partial charge >= 0.3 is 0 Å². The summed E-state index contributed by atoms with van der Waals surface area (Å²) in [6.45, 7) is 5.55. The van der Waals surface area contributed by atoms with Gasteiger partial charge in [-0.2, -0.15) is 0 Å². The van der Waals surface area contributed by atoms with Gasteiger partial charge in [-0.1, -0.05) is 54.6 Å². The number of guanidine groups is 1. The number of aliphatic imine (C=N–C) groups is 1. The van der Waals surface area contributed by atoms with Gasteiger partial charge in [-0.05, 0) is 42.9 Å². The molecule has 148 valence electrons. The fourth-order valence-electron chi connectivity index (χ4n) is 4.23. The topological polar surface area (TPSA) is 39.7 Å². The molecule has 2 aromatic carbocycles. The normalized spacial score (nSPS) is 23.4. The third-order valence-electron chi connectivity index (χ3n) is 6.15. The van der Waals surface area contributed by atoms with Crippen LogP contribution in [0, 0.1) is 6.92 Å². The molecule has 4 nitrogen and oxygen atoms in total. The minimum atomic E-state index is 0.508. The van der Waals surface area contributed by atoms with Gasteiger partial charge in [0.1, 0.15) is 0 Å². The van der Waals surface area contributed by atoms with E-state index in [2.05, 4.69) is 82.0 Å². The largest absolute Gasteiger partial charge is 0.354 e. The number of benzene rings is 2. The number of hydrogen-bond acceptors (Lipinski definition) is 2. The third kappa shape index (κ3) is 4.74. The van der Waals surface area contributed by atoms with Crippen LogP contribution in [0.15, 0.2) is 59.6 Å². The highest BCUT2D eigenvalue weighted by Crippen LogP contribution is 2.40. The molecule has 1 saturated carbocycles. The number of rotatable bonds is 5. The highest BCUT2D eigenvalue weighted by atomic mass is 15.2. The van der Waals surface area contributed by atoms with Gasteiger partial charge in [0.15, 0.2) is 5.96 Å². The summed E-state index contributed by atoms with van der Waals surface area (Å²) in [7, 11) is 1.88. The maximum absolute atomic E-state index is 4.47. The Morgan fingerprint density at radius 1 is 1.00 bits per heavy atom. The first kappa shape index (κ1) is 19.0. The molecule has 2 unspecified atom stereocenters. The van der Waals surface area contributed by atoms with Crippen molar-refractivity contribution in [1.82, 2.24) is 15.5 Å². The molecule has 1 saturated heterocycles. The molecule has 4 rings (SSSR count). The molecule has 2 fully saturated rings. The molecule has 2 aromatic rings. The Morgan fingerprint density at radius 2 is 1.71 bits per heavy atom. The molecular formula is C24H32N4. The predicted molar refractivity (Wildman–Crippen MR) is 117 cm³/mol. The van der Waals surface area contributed by atoms with Crippen LogP contribution < -0.4 is 10.6 Å². The molecule has 0 bridgehead atoms. The number of likely N-dealkylation sites (tertiary alicyclic amines) is 1. The number of aryl methyl sites for hydroxylation is 1. The van der Waals surface area contributed by atoms with E-state index in [9.17, 15) is 0 Å². The third-order valence-corrected chi connectivity index (χ3v) is 6.15. The Bertz CT molecular complexity index is 793. The van der Waals surface area contributed by atoms with Gasteiger partial charge in [0.25, 0.3) is 0 Å². The first-order valence-corrected chi connectivity index (χ1v) is 10.5. The molecule has 2 N–H and O–H groups in total. The van der Waals surface area contributed by atoms with E-state index in [1.165, 1.54) is 36.0 Å². The zero-order chi connectivity index (χ0) is 19.3. The summed E-state index contributed by atoms with van der Waals surface area (Å²) in [6.07, 6.45) is 3.53. The predicted octanol–water partition coefficient (Wildman–Crippen LogP) is 3.68. The van der Waals surface area contributed by atoms with E-state index in [0.29, 0.717) is 18.0 Å². The molecule has 28 heavy (non-hydrogen) atoms. The van der Waals surface area contributed by atoms with Crippen molar-refractivity contribution in [3.05, 3.63) is 71.3 Å². The van der Waals surface area contributed by atoms with Crippen LogP contribution in [-0.2, 0) is 6.54 Å². The average Bonchev–Trinajstić information content (AvgIpc) is 3.50. The molecule has 2 aliphatic rings. The molecule has 0 spiro atoms. The molecular weight excluding hydrogens is 344 g/mol. The summed E-state index contributed by atoms with van der Waals surface area (Å²) in [4.78, 5) is 7.04. The fourth-order valence-corrected chi connectivity index (χ4v) is 4.23. The van der Waals surface area contributed by atoms with Crippen LogP contribution in [0.1, 0.15) is 41.9 Å². The van der Waals surface area contributed by atoms with E-state index in [0.717, 1.165) is 25.6 Å². The van der Waals surface area contributed by atoms with Crippen LogP contribution in [0.4, 0.5) is 0 Å². The second-order valence-corrected chi connectivity index (χ2v) is 8.20. The standard InChI is InChI=1S/C24H32N4/c1-18-8-6-7-11-20(18)17-28-14-12-21(13-15-28)26-24(25-2)27-23-16-22(23)19-9-4-3-5-10-19/h3-11,21-23H,12-17H2,1-2H3,(H2,25,26,27). The first-order valence-electron chi connectivity index (χ1n) is 10.5. The van der Waals surface area contributed by atoms with Gasteiger partial charge in [0.2, 0.25) is 0 Å². The zero-order valence-corrected chi connectivity index (χ0v) is 17.1. The van der Waals surface area contributed by atoms with Crippen LogP contribution in [0.3, 0.4) is 0 Å². The second kappa shape index (κ2) is 8.78. The summed E-state index contributed by atoms with van der Waals surface area (Å²) < 4.78 is 0. The Labute approximate surface area is 169 Å². The Balaban J connectivity index is 1.22. The fraction of sp³-hybridized carbons (Fsp3) is 0.458. The van der Waals surface area contributed by atoms with Crippen molar-refractivity contribution >= 4 is 5.96 Å². The minimum absolute atomic E-state index is 0.508. The van der Waals surface area contributed by atoms with Crippen LogP contribution >= 0.6 is 0 Å². The summed E-state index contributed by atoms with van der Waals surface area (Å²) in [5, 5.41) is 7.28. The van der Waals surface area contributed by atoms with E-state index in [4.69, 9.17) is 0 Å². The molecule has 1 aliphatic heterocycles. The van der Waals surface area contributed by atoms with Crippen LogP contribution in [0.25, 0.3) is 0 Å². The van der Waals surface area contributed by atoms with E-state index in [1.807, 2.05) is 7.05 Å². The van der Waals surface area contributed by atoms with E-state index >= 15 is 0 Å². The van der Waals surface area contributed by atoms with Crippen molar-refractivity contribution in [3.63, 3.8) is 0 Å². The maximum Gasteiger partial charge on any atom is 0.191 e. The van der Waals surface area contributed by atoms with Crippen molar-refractivity contribution < 1.29 is 0 Å². The summed E-state index contributed by atoms with van der Waals surface area (Å²) in [6, 6.07) is 20.5. The molecule has 1 aliphatic carbocycles. The lowest BCUT2D eigenvalue weighted by Crippen LogP contribution is -2.49. The van der Waals surface area contributed by atoms with Crippen molar-refractivity contribution in [2.24, 2.45) is 4.99 Å². The van der Waals surface area contributed by atoms with Crippen LogP contribution in [0.5, 0.6) is 0 Å². The Hall–Kier alpha value is -2.33. The highest BCUT2D eigenvalue weighted by Gasteiger charge is 2.39. The lowest BCUT2D eigenvalue weighted by atomic mass is 10.0. The quantitative estimate of drug-likeness (QED) is 0.618. The van der Waals surface area contributed by atoms with Crippen molar-refractivity contribution in [3.8, 4) is 0 Å². The summed E-state index contributed by atoms with van der Waals surface area (Å²) in [5.74, 6) is 1.58. The molecule has 0 aromatic heterocycles. The van der Waals surface area contributed by atoms with E-state index in [-0.39, 0.29) is 0 Å². The number of piperidine rings is 1. The number of hydrogen-bond donors (Lipinski definition) is 2. The summed E-state index contributed by atoms with van der Waals surface area (Å²) in [5.41, 5.74) is 4.27. The van der Waals surface area contributed by atoms with Crippen molar-refractivity contribution in [2.75, 3.05) is 20.1 Å². The molecule has 0 amide bonds. The van der Waals surface area contributed by atoms with Crippen LogP contribution in [0.2, 0.25) is 0 Å². The minimum Gasteiger partial charge on any atom is -0.354 e. The van der Waals surface area contributed by atoms with Gasteiger partial charge in [0, 0.05) is 44.7 Å². The average molecular weight is 377 g/mol. The number of nitrogens with zero attached hydrogens (tertiary/aromatic N) is 2. The molecule has 1 heterocycles. The molecule has 0 radical (unpaired) electrons. The monoisotopic (exact) mass is 376 g/mol. The van der Waals surface area contributed by atoms with Gasteiger partial charge in [0.05, 0.1) is 0 Å². The molecule has 4 heteroatoms. The summed E-state index contributed by atoms with van der Waals surface area (Å²) >= 11 is 0. The number of nitrogens with one attached hydrogen (secondary N) is 2. The lowest BCUT2D eigenvalue weighted by Gasteiger charge is -2.33. The van der Waals surface area contributed by atoms with Gasteiger partial charge in [-0.3, -0.25) is 9.89 Å². The van der Waals surface area contributed by atoms with Gasteiger partial charge < -0.3 is 10.6 Å². The maximum atomic E-state index is 4.47. The zero-order valence-electron chi connectivity index (χ0n) is 17.1. The van der Waals surface area contributed by atoms with Crippen molar-refractivity contribution in [2.45, 2.75) is 50.7 Å². The van der Waals surface area contributed by atoms with Crippen molar-refractivity contribution in [1.29, 1.82) is 0 Å². The van der Waals surface area contributed by atoms with E-state index < -0.39 is 0 Å². The molecule has 2 atom stereocenters. The van der Waals surface area contributed by atoms with E-state index in [1.54, 1.807) is 0 Å². The lowest BCUT2D eigenvalue weighted by molar-refractivity contribution is 0.198. The smallest absolute Gasteiger partial charge is 0.191 e. The van der Waals surface area contributed by atoms with Gasteiger partial charge in [-0.25, -0.2) is 0 Å². The first-order chi connectivity index (χ1) is 13.7. The van der Waals surface area contributed by atoms with Gasteiger partial charge in [-0.15, -0.1) is 0 Å². The Morgan fingerprint density at radius 3 is 2.43 bits per heavy atom. The van der Waals surface area contributed by atoms with Crippen LogP contribution in [-0.4, -0.2) is 43.1 Å². The Kier molecular flexibility index (Phi) is 5.96.